The minimum absolute atomic E-state index is 0.243. The SMILES string of the molecule is CC1(C(=O)O)CCCN1c1ccc(S(C)(=O)=O)cc1. The first-order chi connectivity index (χ1) is 8.75. The fourth-order valence-corrected chi connectivity index (χ4v) is 3.10. The topological polar surface area (TPSA) is 74.7 Å². The Kier molecular flexibility index (Phi) is 3.30. The van der Waals surface area contributed by atoms with Crippen molar-refractivity contribution in [1.29, 1.82) is 0 Å². The fraction of sp³-hybridized carbons (Fsp3) is 0.462. The van der Waals surface area contributed by atoms with Gasteiger partial charge in [-0.2, -0.15) is 0 Å². The Bertz CT molecular complexity index is 594. The molecule has 0 spiro atoms. The van der Waals surface area contributed by atoms with Gasteiger partial charge in [0.2, 0.25) is 0 Å². The first-order valence-electron chi connectivity index (χ1n) is 6.06. The summed E-state index contributed by atoms with van der Waals surface area (Å²) >= 11 is 0. The third-order valence-corrected chi connectivity index (χ3v) is 4.81. The quantitative estimate of drug-likeness (QED) is 0.910. The average Bonchev–Trinajstić information content (AvgIpc) is 2.72. The molecule has 2 rings (SSSR count). The summed E-state index contributed by atoms with van der Waals surface area (Å²) in [6.45, 7) is 2.37. The molecule has 19 heavy (non-hydrogen) atoms. The Morgan fingerprint density at radius 2 is 1.89 bits per heavy atom. The predicted octanol–water partition coefficient (Wildman–Crippen LogP) is 1.53. The van der Waals surface area contributed by atoms with Gasteiger partial charge in [-0.1, -0.05) is 0 Å². The van der Waals surface area contributed by atoms with Crippen LogP contribution in [0.25, 0.3) is 0 Å². The number of carboxylic acids is 1. The second-order valence-corrected chi connectivity index (χ2v) is 7.12. The zero-order chi connectivity index (χ0) is 14.3. The number of hydrogen-bond acceptors (Lipinski definition) is 4. The average molecular weight is 283 g/mol. The normalized spacial score (nSPS) is 23.6. The van der Waals surface area contributed by atoms with E-state index in [9.17, 15) is 18.3 Å². The van der Waals surface area contributed by atoms with Crippen molar-refractivity contribution in [2.45, 2.75) is 30.2 Å². The molecule has 0 aromatic heterocycles. The summed E-state index contributed by atoms with van der Waals surface area (Å²) in [4.78, 5) is 13.5. The number of aliphatic carboxylic acids is 1. The first-order valence-corrected chi connectivity index (χ1v) is 7.95. The summed E-state index contributed by atoms with van der Waals surface area (Å²) in [6, 6.07) is 6.38. The van der Waals surface area contributed by atoms with Crippen molar-refractivity contribution >= 4 is 21.5 Å². The van der Waals surface area contributed by atoms with Gasteiger partial charge in [0.25, 0.3) is 0 Å². The van der Waals surface area contributed by atoms with Gasteiger partial charge in [-0.15, -0.1) is 0 Å². The van der Waals surface area contributed by atoms with Crippen LogP contribution in [-0.4, -0.2) is 37.8 Å². The van der Waals surface area contributed by atoms with Crippen LogP contribution in [0.4, 0.5) is 5.69 Å². The Morgan fingerprint density at radius 3 is 2.37 bits per heavy atom. The second-order valence-electron chi connectivity index (χ2n) is 5.10. The van der Waals surface area contributed by atoms with E-state index in [4.69, 9.17) is 0 Å². The van der Waals surface area contributed by atoms with E-state index in [0.29, 0.717) is 13.0 Å². The van der Waals surface area contributed by atoms with Gasteiger partial charge >= 0.3 is 5.97 Å². The Balaban J connectivity index is 2.35. The summed E-state index contributed by atoms with van der Waals surface area (Å²) in [6.07, 6.45) is 2.56. The molecule has 1 aliphatic rings. The molecule has 5 nitrogen and oxygen atoms in total. The maximum Gasteiger partial charge on any atom is 0.329 e. The van der Waals surface area contributed by atoms with Gasteiger partial charge in [0, 0.05) is 18.5 Å². The van der Waals surface area contributed by atoms with E-state index in [1.165, 1.54) is 12.1 Å². The number of sulfone groups is 1. The third kappa shape index (κ3) is 2.45. The number of anilines is 1. The van der Waals surface area contributed by atoms with Crippen LogP contribution in [0.2, 0.25) is 0 Å². The molecule has 1 fully saturated rings. The minimum atomic E-state index is -3.22. The van der Waals surface area contributed by atoms with E-state index < -0.39 is 21.3 Å². The van der Waals surface area contributed by atoms with Gasteiger partial charge in [-0.3, -0.25) is 0 Å². The molecule has 0 saturated carbocycles. The lowest BCUT2D eigenvalue weighted by Crippen LogP contribution is -2.48. The van der Waals surface area contributed by atoms with Gasteiger partial charge in [0.05, 0.1) is 4.90 Å². The minimum Gasteiger partial charge on any atom is -0.480 e. The molecule has 0 amide bonds. The van der Waals surface area contributed by atoms with Crippen LogP contribution in [0.15, 0.2) is 29.2 Å². The summed E-state index contributed by atoms with van der Waals surface area (Å²) in [7, 11) is -3.22. The fourth-order valence-electron chi connectivity index (χ4n) is 2.47. The number of nitrogens with zero attached hydrogens (tertiary/aromatic N) is 1. The summed E-state index contributed by atoms with van der Waals surface area (Å²) in [5.41, 5.74) is -0.165. The maximum absolute atomic E-state index is 11.4. The van der Waals surface area contributed by atoms with Crippen molar-refractivity contribution in [3.8, 4) is 0 Å². The second kappa shape index (κ2) is 4.52. The smallest absolute Gasteiger partial charge is 0.329 e. The van der Waals surface area contributed by atoms with Crippen LogP contribution >= 0.6 is 0 Å². The lowest BCUT2D eigenvalue weighted by atomic mass is 9.99. The molecular weight excluding hydrogens is 266 g/mol. The lowest BCUT2D eigenvalue weighted by Gasteiger charge is -2.33. The van der Waals surface area contributed by atoms with E-state index in [-0.39, 0.29) is 4.90 Å². The molecule has 104 valence electrons. The molecule has 1 aromatic rings. The van der Waals surface area contributed by atoms with E-state index in [0.717, 1.165) is 18.4 Å². The molecule has 1 atom stereocenters. The zero-order valence-corrected chi connectivity index (χ0v) is 11.8. The lowest BCUT2D eigenvalue weighted by molar-refractivity contribution is -0.142. The molecule has 1 N–H and O–H groups in total. The maximum atomic E-state index is 11.4. The van der Waals surface area contributed by atoms with Crippen LogP contribution in [-0.2, 0) is 14.6 Å². The third-order valence-electron chi connectivity index (χ3n) is 3.68. The summed E-state index contributed by atoms with van der Waals surface area (Å²) in [5.74, 6) is -0.850. The number of rotatable bonds is 3. The highest BCUT2D eigenvalue weighted by molar-refractivity contribution is 7.90. The Morgan fingerprint density at radius 1 is 1.32 bits per heavy atom. The van der Waals surface area contributed by atoms with Crippen molar-refractivity contribution in [3.05, 3.63) is 24.3 Å². The number of carbonyl (C=O) groups is 1. The highest BCUT2D eigenvalue weighted by Gasteiger charge is 2.43. The molecule has 0 radical (unpaired) electrons. The first kappa shape index (κ1) is 13.9. The van der Waals surface area contributed by atoms with E-state index in [1.807, 2.05) is 4.90 Å². The molecule has 1 saturated heterocycles. The standard InChI is InChI=1S/C13H17NO4S/c1-13(12(15)16)8-3-9-14(13)10-4-6-11(7-5-10)19(2,17)18/h4-7H,3,8-9H2,1-2H3,(H,15,16). The molecule has 1 heterocycles. The molecule has 1 aromatic carbocycles. The Labute approximate surface area is 112 Å². The van der Waals surface area contributed by atoms with Crippen LogP contribution in [0.1, 0.15) is 19.8 Å². The molecule has 0 aliphatic carbocycles. The molecule has 0 bridgehead atoms. The largest absolute Gasteiger partial charge is 0.480 e. The summed E-state index contributed by atoms with van der Waals surface area (Å²) in [5, 5.41) is 9.35. The van der Waals surface area contributed by atoms with Crippen molar-refractivity contribution in [2.75, 3.05) is 17.7 Å². The summed E-state index contributed by atoms with van der Waals surface area (Å²) < 4.78 is 22.8. The highest BCUT2D eigenvalue weighted by Crippen LogP contribution is 2.34. The zero-order valence-electron chi connectivity index (χ0n) is 11.0. The van der Waals surface area contributed by atoms with Crippen LogP contribution in [0.3, 0.4) is 0 Å². The van der Waals surface area contributed by atoms with E-state index in [2.05, 4.69) is 0 Å². The monoisotopic (exact) mass is 283 g/mol. The van der Waals surface area contributed by atoms with Crippen LogP contribution in [0.5, 0.6) is 0 Å². The van der Waals surface area contributed by atoms with Crippen molar-refractivity contribution in [1.82, 2.24) is 0 Å². The Hall–Kier alpha value is -1.56. The molecule has 1 aliphatic heterocycles. The predicted molar refractivity (Wildman–Crippen MR) is 72.2 cm³/mol. The van der Waals surface area contributed by atoms with Crippen LogP contribution in [0, 0.1) is 0 Å². The van der Waals surface area contributed by atoms with Gasteiger partial charge in [0.15, 0.2) is 9.84 Å². The van der Waals surface area contributed by atoms with Crippen molar-refractivity contribution in [3.63, 3.8) is 0 Å². The van der Waals surface area contributed by atoms with Crippen LogP contribution < -0.4 is 4.90 Å². The molecule has 1 unspecified atom stereocenters. The molecular formula is C13H17NO4S. The van der Waals surface area contributed by atoms with E-state index in [1.54, 1.807) is 19.1 Å². The number of hydrogen-bond donors (Lipinski definition) is 1. The highest BCUT2D eigenvalue weighted by atomic mass is 32.2. The van der Waals surface area contributed by atoms with Crippen molar-refractivity contribution < 1.29 is 18.3 Å². The van der Waals surface area contributed by atoms with Crippen molar-refractivity contribution in [2.24, 2.45) is 0 Å². The van der Waals surface area contributed by atoms with Gasteiger partial charge in [-0.05, 0) is 44.0 Å². The number of carboxylic acid groups (broad SMARTS) is 1. The van der Waals surface area contributed by atoms with Gasteiger partial charge in [0.1, 0.15) is 5.54 Å². The molecule has 6 heteroatoms. The number of benzene rings is 1. The van der Waals surface area contributed by atoms with E-state index >= 15 is 0 Å². The van der Waals surface area contributed by atoms with Gasteiger partial charge < -0.3 is 10.0 Å². The van der Waals surface area contributed by atoms with Gasteiger partial charge in [-0.25, -0.2) is 13.2 Å².